The maximum Gasteiger partial charge on any atom is 0.336 e. The molecule has 7 heteroatoms. The Kier molecular flexibility index (Phi) is 8.86. The lowest BCUT2D eigenvalue weighted by Gasteiger charge is -2.59. The minimum absolute atomic E-state index is 0.0173. The summed E-state index contributed by atoms with van der Waals surface area (Å²) in [7, 11) is 0. The number of carbonyl (C=O) groups excluding carboxylic acids is 1. The van der Waals surface area contributed by atoms with Gasteiger partial charge in [0, 0.05) is 25.1 Å². The van der Waals surface area contributed by atoms with E-state index in [9.17, 15) is 9.90 Å². The highest BCUT2D eigenvalue weighted by atomic mass is 16.6. The first-order chi connectivity index (χ1) is 20.9. The molecule has 2 aliphatic heterocycles. The third-order valence-electron chi connectivity index (χ3n) is 14.4. The van der Waals surface area contributed by atoms with Gasteiger partial charge in [-0.3, -0.25) is 0 Å². The molecule has 252 valence electrons. The molecule has 2 saturated heterocycles. The Morgan fingerprint density at radius 2 is 1.75 bits per heavy atom. The van der Waals surface area contributed by atoms with E-state index >= 15 is 0 Å². The zero-order valence-corrected chi connectivity index (χ0v) is 29.1. The van der Waals surface area contributed by atoms with Gasteiger partial charge in [-0.25, -0.2) is 4.79 Å². The van der Waals surface area contributed by atoms with Crippen LogP contribution in [0.3, 0.4) is 0 Å². The van der Waals surface area contributed by atoms with Crippen molar-refractivity contribution in [2.45, 2.75) is 156 Å². The molecule has 5 aliphatic carbocycles. The summed E-state index contributed by atoms with van der Waals surface area (Å²) in [4.78, 5) is 13.1. The van der Waals surface area contributed by atoms with Crippen molar-refractivity contribution >= 4 is 5.97 Å². The van der Waals surface area contributed by atoms with Gasteiger partial charge in [0.2, 0.25) is 0 Å². The first kappa shape index (κ1) is 33.2. The molecule has 44 heavy (non-hydrogen) atoms. The molecule has 7 aliphatic rings. The van der Waals surface area contributed by atoms with E-state index in [0.717, 1.165) is 31.2 Å². The van der Waals surface area contributed by atoms with Gasteiger partial charge in [-0.15, -0.1) is 0 Å². The van der Waals surface area contributed by atoms with Crippen molar-refractivity contribution in [3.63, 3.8) is 0 Å². The number of carbonyl (C=O) groups is 1. The highest BCUT2D eigenvalue weighted by molar-refractivity contribution is 5.75. The number of hydrogen-bond donors (Lipinski definition) is 2. The Morgan fingerprint density at radius 1 is 1.00 bits per heavy atom. The van der Waals surface area contributed by atoms with Gasteiger partial charge in [-0.2, -0.15) is 0 Å². The van der Waals surface area contributed by atoms with Crippen LogP contribution < -0.4 is 5.32 Å². The summed E-state index contributed by atoms with van der Waals surface area (Å²) >= 11 is 0. The summed E-state index contributed by atoms with van der Waals surface area (Å²) in [6, 6.07) is 0. The van der Waals surface area contributed by atoms with Crippen molar-refractivity contribution in [2.75, 3.05) is 26.3 Å². The maximum absolute atomic E-state index is 13.1. The molecule has 0 radical (unpaired) electrons. The van der Waals surface area contributed by atoms with Crippen LogP contribution in [0.2, 0.25) is 0 Å². The molecule has 0 amide bonds. The molecule has 12 atom stereocenters. The molecule has 0 aromatic carbocycles. The van der Waals surface area contributed by atoms with Gasteiger partial charge in [-0.1, -0.05) is 34.6 Å². The van der Waals surface area contributed by atoms with Crippen LogP contribution in [0.15, 0.2) is 0 Å². The quantitative estimate of drug-likeness (QED) is 0.339. The molecule has 0 aromatic rings. The van der Waals surface area contributed by atoms with Crippen molar-refractivity contribution in [2.24, 2.45) is 45.3 Å². The van der Waals surface area contributed by atoms with Crippen molar-refractivity contribution in [3.05, 3.63) is 0 Å². The highest BCUT2D eigenvalue weighted by Gasteiger charge is 2.81. The third kappa shape index (κ3) is 4.95. The van der Waals surface area contributed by atoms with Gasteiger partial charge in [0.05, 0.1) is 24.4 Å². The zero-order valence-electron chi connectivity index (χ0n) is 29.1. The minimum Gasteiger partial charge on any atom is -0.460 e. The average molecular weight is 618 g/mol. The summed E-state index contributed by atoms with van der Waals surface area (Å²) < 4.78 is 25.0. The van der Waals surface area contributed by atoms with E-state index in [4.69, 9.17) is 18.9 Å². The summed E-state index contributed by atoms with van der Waals surface area (Å²) in [5.74, 6) is 2.57. The van der Waals surface area contributed by atoms with Gasteiger partial charge >= 0.3 is 5.97 Å². The van der Waals surface area contributed by atoms with Crippen molar-refractivity contribution in [1.82, 2.24) is 5.32 Å². The number of rotatable bonds is 6. The van der Waals surface area contributed by atoms with E-state index < -0.39 is 11.7 Å². The second-order valence-electron chi connectivity index (χ2n) is 16.8. The van der Waals surface area contributed by atoms with Crippen LogP contribution in [0.4, 0.5) is 0 Å². The number of aliphatic hydroxyl groups is 1. The van der Waals surface area contributed by atoms with Crippen molar-refractivity contribution < 1.29 is 28.8 Å². The normalized spacial score (nSPS) is 47.8. The fourth-order valence-electron chi connectivity index (χ4n) is 12.6. The van der Waals surface area contributed by atoms with Gasteiger partial charge in [0.25, 0.3) is 0 Å². The molecule has 2 heterocycles. The molecule has 2 spiro atoms. The van der Waals surface area contributed by atoms with E-state index in [1.807, 2.05) is 34.6 Å². The second kappa shape index (κ2) is 11.8. The monoisotopic (exact) mass is 617 g/mol. The van der Waals surface area contributed by atoms with E-state index in [1.165, 1.54) is 51.4 Å². The van der Waals surface area contributed by atoms with Crippen LogP contribution in [-0.4, -0.2) is 73.5 Å². The highest BCUT2D eigenvalue weighted by Crippen LogP contribution is 2.87. The number of nitrogens with one attached hydrogen (secondary N) is 1. The standard InChI is InChI=1S/C35H57NO6.C2H6/c1-7-39-29(32(4,5)38)24-10-8-22-25(41-24)18-23-21-9-11-27-31(2,3)28(42-30(37)26-19-36-16-17-40-26)12-13-35(27)20-34(21,35)15-14-33(22,23)6;1-2/h21-29,36,38H,7-20H2,1-6H3;1-2H3. The van der Waals surface area contributed by atoms with Gasteiger partial charge in [-0.05, 0) is 125 Å². The average Bonchev–Trinajstić information content (AvgIpc) is 3.58. The largest absolute Gasteiger partial charge is 0.460 e. The summed E-state index contributed by atoms with van der Waals surface area (Å²) in [6.07, 6.45) is 11.7. The molecule has 7 rings (SSSR count). The van der Waals surface area contributed by atoms with Crippen LogP contribution in [0.5, 0.6) is 0 Å². The Balaban J connectivity index is 0.00000168. The Morgan fingerprint density at radius 3 is 2.43 bits per heavy atom. The van der Waals surface area contributed by atoms with Crippen molar-refractivity contribution in [1.29, 1.82) is 0 Å². The Labute approximate surface area is 267 Å². The lowest BCUT2D eigenvalue weighted by molar-refractivity contribution is -0.194. The predicted octanol–water partition coefficient (Wildman–Crippen LogP) is 6.30. The van der Waals surface area contributed by atoms with Gasteiger partial charge in [0.1, 0.15) is 12.2 Å². The fourth-order valence-corrected chi connectivity index (χ4v) is 12.6. The first-order valence-corrected chi connectivity index (χ1v) is 18.4. The lowest BCUT2D eigenvalue weighted by atomic mass is 9.46. The number of fused-ring (bicyclic) bond motifs is 4. The molecule has 2 N–H and O–H groups in total. The number of esters is 1. The summed E-state index contributed by atoms with van der Waals surface area (Å²) in [5, 5.41) is 14.2. The third-order valence-corrected chi connectivity index (χ3v) is 14.4. The van der Waals surface area contributed by atoms with E-state index in [2.05, 4.69) is 26.1 Å². The fraction of sp³-hybridized carbons (Fsp3) is 0.973. The number of hydrogen-bond acceptors (Lipinski definition) is 7. The number of morpholine rings is 1. The maximum atomic E-state index is 13.1. The number of ether oxygens (including phenoxy) is 4. The molecule has 0 bridgehead atoms. The SMILES string of the molecule is CC.CCOC(C1CCC2C(CC3C4CCC5C(C)(C)C(OC(=O)C6CNCCO6)CCC56CC46CCC23C)O1)C(C)(C)O. The first-order valence-electron chi connectivity index (χ1n) is 18.4. The van der Waals surface area contributed by atoms with Crippen molar-refractivity contribution in [3.8, 4) is 0 Å². The van der Waals surface area contributed by atoms with E-state index in [-0.39, 0.29) is 35.8 Å². The molecule has 0 aromatic heterocycles. The molecule has 7 nitrogen and oxygen atoms in total. The molecular formula is C37H63NO6. The summed E-state index contributed by atoms with van der Waals surface area (Å²) in [5.41, 5.74) is 0.318. The van der Waals surface area contributed by atoms with Crippen LogP contribution >= 0.6 is 0 Å². The van der Waals surface area contributed by atoms with E-state index in [1.54, 1.807) is 0 Å². The molecule has 7 fully saturated rings. The summed E-state index contributed by atoms with van der Waals surface area (Å²) in [6.45, 7) is 19.7. The van der Waals surface area contributed by atoms with Gasteiger partial charge in [0.15, 0.2) is 6.10 Å². The molecular weight excluding hydrogens is 554 g/mol. The van der Waals surface area contributed by atoms with Crippen LogP contribution in [0, 0.1) is 45.3 Å². The van der Waals surface area contributed by atoms with Crippen LogP contribution in [-0.2, 0) is 23.7 Å². The smallest absolute Gasteiger partial charge is 0.336 e. The Hall–Kier alpha value is -0.730. The minimum atomic E-state index is -0.911. The predicted molar refractivity (Wildman–Crippen MR) is 171 cm³/mol. The van der Waals surface area contributed by atoms with Crippen LogP contribution in [0.25, 0.3) is 0 Å². The van der Waals surface area contributed by atoms with E-state index in [0.29, 0.717) is 47.8 Å². The lowest BCUT2D eigenvalue weighted by Crippen LogP contribution is -2.56. The zero-order chi connectivity index (χ0) is 31.7. The van der Waals surface area contributed by atoms with Gasteiger partial charge < -0.3 is 29.4 Å². The van der Waals surface area contributed by atoms with Crippen LogP contribution in [0.1, 0.15) is 120 Å². The Bertz CT molecular complexity index is 1050. The molecule has 5 saturated carbocycles. The molecule has 12 unspecified atom stereocenters. The topological polar surface area (TPSA) is 86.3 Å². The second-order valence-corrected chi connectivity index (χ2v) is 16.8.